The highest BCUT2D eigenvalue weighted by Gasteiger charge is 2.48. The van der Waals surface area contributed by atoms with Gasteiger partial charge in [0.05, 0.1) is 22.1 Å². The number of nitrogens with zero attached hydrogens (tertiary/aromatic N) is 3. The van der Waals surface area contributed by atoms with Crippen LogP contribution in [0.3, 0.4) is 0 Å². The maximum absolute atomic E-state index is 12.2. The van der Waals surface area contributed by atoms with E-state index >= 15 is 0 Å². The molecule has 5 heteroatoms. The molecule has 0 radical (unpaired) electrons. The van der Waals surface area contributed by atoms with Gasteiger partial charge >= 0.3 is 0 Å². The van der Waals surface area contributed by atoms with Crippen LogP contribution in [0.25, 0.3) is 33.3 Å². The monoisotopic (exact) mass is 481 g/mol. The summed E-state index contributed by atoms with van der Waals surface area (Å²) in [7, 11) is 0. The van der Waals surface area contributed by atoms with E-state index in [0.717, 1.165) is 69.7 Å². The second-order valence-electron chi connectivity index (χ2n) is 11.5. The third-order valence-corrected chi connectivity index (χ3v) is 8.82. The molecular formula is C31H35N3O2. The minimum absolute atomic E-state index is 0.246. The second kappa shape index (κ2) is 8.43. The van der Waals surface area contributed by atoms with Crippen molar-refractivity contribution < 1.29 is 9.32 Å². The minimum Gasteiger partial charge on any atom is -0.361 e. The zero-order valence-electron chi connectivity index (χ0n) is 21.9. The van der Waals surface area contributed by atoms with E-state index in [2.05, 4.69) is 53.2 Å². The van der Waals surface area contributed by atoms with Crippen molar-refractivity contribution in [3.05, 3.63) is 59.7 Å². The molecule has 2 saturated carbocycles. The van der Waals surface area contributed by atoms with Gasteiger partial charge in [-0.15, -0.1) is 0 Å². The lowest BCUT2D eigenvalue weighted by Crippen LogP contribution is -2.25. The van der Waals surface area contributed by atoms with E-state index in [1.54, 1.807) is 6.92 Å². The number of Topliss-reactive ketones (excluding diaryl/α,β-unsaturated/α-hetero) is 1. The Bertz CT molecular complexity index is 1430. The second-order valence-corrected chi connectivity index (χ2v) is 11.5. The average Bonchev–Trinajstić information content (AvgIpc) is 3.53. The molecule has 0 spiro atoms. The highest BCUT2D eigenvalue weighted by atomic mass is 16.5. The lowest BCUT2D eigenvalue weighted by molar-refractivity contribution is -0.119. The van der Waals surface area contributed by atoms with Gasteiger partial charge in [-0.1, -0.05) is 55.6 Å². The fourth-order valence-corrected chi connectivity index (χ4v) is 6.45. The van der Waals surface area contributed by atoms with E-state index in [9.17, 15) is 4.79 Å². The number of carbonyl (C=O) groups is 1. The summed E-state index contributed by atoms with van der Waals surface area (Å²) in [6.07, 6.45) is 12.7. The first-order valence-corrected chi connectivity index (χ1v) is 13.3. The summed E-state index contributed by atoms with van der Waals surface area (Å²) in [6.45, 7) is 9.10. The number of pyridine rings is 1. The molecule has 0 unspecified atom stereocenters. The molecule has 0 aliphatic heterocycles. The van der Waals surface area contributed by atoms with Crippen molar-refractivity contribution in [3.8, 4) is 22.3 Å². The topological polar surface area (TPSA) is 60.9 Å². The van der Waals surface area contributed by atoms with E-state index in [4.69, 9.17) is 9.51 Å². The first-order valence-electron chi connectivity index (χ1n) is 13.3. The Morgan fingerprint density at radius 2 is 1.75 bits per heavy atom. The number of fused-ring (bicyclic) bond motifs is 1. The molecule has 0 bridgehead atoms. The summed E-state index contributed by atoms with van der Waals surface area (Å²) >= 11 is 0. The molecule has 4 aromatic rings. The third-order valence-electron chi connectivity index (χ3n) is 8.82. The SMILES string of the molecule is CC(=O)C1(c2ccc(-c3cn(CC4(C)CCCCC4)c4cc(-c5c(C)noc5C)cnc34)cc2)CC1. The van der Waals surface area contributed by atoms with Gasteiger partial charge in [-0.3, -0.25) is 9.78 Å². The van der Waals surface area contributed by atoms with Gasteiger partial charge in [-0.25, -0.2) is 0 Å². The molecule has 1 aromatic carbocycles. The number of rotatable bonds is 6. The summed E-state index contributed by atoms with van der Waals surface area (Å²) in [4.78, 5) is 17.2. The summed E-state index contributed by atoms with van der Waals surface area (Å²) in [5.74, 6) is 1.10. The summed E-state index contributed by atoms with van der Waals surface area (Å²) in [5.41, 5.74) is 8.63. The third kappa shape index (κ3) is 3.80. The molecular weight excluding hydrogens is 446 g/mol. The van der Waals surface area contributed by atoms with Gasteiger partial charge < -0.3 is 9.09 Å². The van der Waals surface area contributed by atoms with Gasteiger partial charge in [-0.05, 0) is 69.1 Å². The van der Waals surface area contributed by atoms with E-state index in [1.807, 2.05) is 20.0 Å². The molecule has 36 heavy (non-hydrogen) atoms. The van der Waals surface area contributed by atoms with Crippen LogP contribution >= 0.6 is 0 Å². The highest BCUT2D eigenvalue weighted by Crippen LogP contribution is 2.49. The van der Waals surface area contributed by atoms with Crippen LogP contribution < -0.4 is 0 Å². The van der Waals surface area contributed by atoms with Crippen LogP contribution in [0.4, 0.5) is 0 Å². The molecule has 2 fully saturated rings. The Balaban J connectivity index is 1.46. The zero-order chi connectivity index (χ0) is 25.1. The summed E-state index contributed by atoms with van der Waals surface area (Å²) in [6, 6.07) is 10.9. The Morgan fingerprint density at radius 3 is 2.36 bits per heavy atom. The standard InChI is InChI=1S/C31H35N3O2/c1-20-28(21(2)36-33-20)24-16-27-29(32-17-24)26(18-34(27)19-30(4)12-6-5-7-13-30)23-8-10-25(11-9-23)31(14-15-31)22(3)35/h8-11,16-18H,5-7,12-15,19H2,1-4H3. The van der Waals surface area contributed by atoms with Crippen molar-refractivity contribution in [3.63, 3.8) is 0 Å². The highest BCUT2D eigenvalue weighted by molar-refractivity contribution is 5.95. The summed E-state index contributed by atoms with van der Waals surface area (Å²) in [5, 5.41) is 4.16. The Kier molecular flexibility index (Phi) is 5.43. The van der Waals surface area contributed by atoms with Crippen LogP contribution in [0, 0.1) is 19.3 Å². The van der Waals surface area contributed by atoms with Crippen LogP contribution in [0.2, 0.25) is 0 Å². The van der Waals surface area contributed by atoms with E-state index < -0.39 is 0 Å². The van der Waals surface area contributed by atoms with Gasteiger partial charge in [0.15, 0.2) is 0 Å². The van der Waals surface area contributed by atoms with Gasteiger partial charge in [0, 0.05) is 35.6 Å². The smallest absolute Gasteiger partial charge is 0.141 e. The van der Waals surface area contributed by atoms with Gasteiger partial charge in [0.2, 0.25) is 0 Å². The number of benzene rings is 1. The molecule has 186 valence electrons. The Labute approximate surface area is 212 Å². The van der Waals surface area contributed by atoms with Crippen LogP contribution in [-0.2, 0) is 16.8 Å². The molecule has 0 atom stereocenters. The van der Waals surface area contributed by atoms with Crippen molar-refractivity contribution in [2.24, 2.45) is 5.41 Å². The lowest BCUT2D eigenvalue weighted by Gasteiger charge is -2.34. The Morgan fingerprint density at radius 1 is 1.03 bits per heavy atom. The normalized spacial score (nSPS) is 18.4. The fourth-order valence-electron chi connectivity index (χ4n) is 6.45. The van der Waals surface area contributed by atoms with Crippen molar-refractivity contribution in [1.29, 1.82) is 0 Å². The molecule has 3 heterocycles. The molecule has 3 aromatic heterocycles. The van der Waals surface area contributed by atoms with Crippen LogP contribution in [0.1, 0.15) is 75.8 Å². The van der Waals surface area contributed by atoms with Crippen LogP contribution in [-0.4, -0.2) is 20.5 Å². The number of hydrogen-bond donors (Lipinski definition) is 0. The van der Waals surface area contributed by atoms with Gasteiger partial charge in [0.25, 0.3) is 0 Å². The van der Waals surface area contributed by atoms with E-state index in [1.165, 1.54) is 32.1 Å². The lowest BCUT2D eigenvalue weighted by atomic mass is 9.75. The number of ketones is 1. The van der Waals surface area contributed by atoms with Gasteiger partial charge in [0.1, 0.15) is 11.5 Å². The van der Waals surface area contributed by atoms with Crippen molar-refractivity contribution in [2.75, 3.05) is 0 Å². The molecule has 0 saturated heterocycles. The molecule has 5 nitrogen and oxygen atoms in total. The van der Waals surface area contributed by atoms with Crippen molar-refractivity contribution in [1.82, 2.24) is 14.7 Å². The largest absolute Gasteiger partial charge is 0.361 e. The molecule has 2 aliphatic carbocycles. The summed E-state index contributed by atoms with van der Waals surface area (Å²) < 4.78 is 7.88. The van der Waals surface area contributed by atoms with E-state index in [0.29, 0.717) is 5.41 Å². The van der Waals surface area contributed by atoms with Crippen LogP contribution in [0.15, 0.2) is 47.2 Å². The minimum atomic E-state index is -0.246. The zero-order valence-corrected chi connectivity index (χ0v) is 21.9. The Hall–Kier alpha value is -3.21. The number of aromatic nitrogens is 3. The first-order chi connectivity index (χ1) is 17.3. The predicted molar refractivity (Wildman–Crippen MR) is 143 cm³/mol. The molecule has 6 rings (SSSR count). The molecule has 0 N–H and O–H groups in total. The maximum atomic E-state index is 12.2. The number of carbonyl (C=O) groups excluding carboxylic acids is 1. The quantitative estimate of drug-likeness (QED) is 0.285. The number of hydrogen-bond acceptors (Lipinski definition) is 4. The van der Waals surface area contributed by atoms with Crippen molar-refractivity contribution >= 4 is 16.8 Å². The molecule has 2 aliphatic rings. The first kappa shape index (κ1) is 23.2. The predicted octanol–water partition coefficient (Wildman–Crippen LogP) is 7.57. The fraction of sp³-hybridized carbons (Fsp3) is 0.452. The molecule has 0 amide bonds. The average molecular weight is 482 g/mol. The van der Waals surface area contributed by atoms with E-state index in [-0.39, 0.29) is 11.2 Å². The van der Waals surface area contributed by atoms with Crippen LogP contribution in [0.5, 0.6) is 0 Å². The maximum Gasteiger partial charge on any atom is 0.141 e. The van der Waals surface area contributed by atoms with Crippen molar-refractivity contribution in [2.45, 2.75) is 84.6 Å². The number of aryl methyl sites for hydroxylation is 2. The van der Waals surface area contributed by atoms with Gasteiger partial charge in [-0.2, -0.15) is 0 Å².